The van der Waals surface area contributed by atoms with Crippen molar-refractivity contribution < 1.29 is 9.18 Å². The summed E-state index contributed by atoms with van der Waals surface area (Å²) in [6.45, 7) is 2.02. The highest BCUT2D eigenvalue weighted by atomic mass is 32.2. The van der Waals surface area contributed by atoms with E-state index in [-0.39, 0.29) is 0 Å². The standard InChI is InChI=1S/C10H10FNOS/c1-2-14-9-5-3-4-8(6-9)10(11)12-7-13/h3-6,10H,2H2,1H3. The van der Waals surface area contributed by atoms with E-state index in [2.05, 4.69) is 4.99 Å². The van der Waals surface area contributed by atoms with Crippen LogP contribution in [0.25, 0.3) is 0 Å². The lowest BCUT2D eigenvalue weighted by molar-refractivity contribution is 0.356. The lowest BCUT2D eigenvalue weighted by Gasteiger charge is -2.03. The number of alkyl halides is 1. The van der Waals surface area contributed by atoms with E-state index in [0.717, 1.165) is 10.6 Å². The van der Waals surface area contributed by atoms with Gasteiger partial charge in [-0.1, -0.05) is 19.1 Å². The second kappa shape index (κ2) is 5.58. The third-order valence-corrected chi connectivity index (χ3v) is 2.49. The van der Waals surface area contributed by atoms with Crippen LogP contribution in [0.1, 0.15) is 18.8 Å². The zero-order valence-corrected chi connectivity index (χ0v) is 8.55. The van der Waals surface area contributed by atoms with Gasteiger partial charge in [-0.3, -0.25) is 0 Å². The van der Waals surface area contributed by atoms with Crippen molar-refractivity contribution >= 4 is 17.8 Å². The molecule has 0 spiro atoms. The van der Waals surface area contributed by atoms with E-state index in [1.54, 1.807) is 30.0 Å². The van der Waals surface area contributed by atoms with E-state index in [4.69, 9.17) is 0 Å². The van der Waals surface area contributed by atoms with Crippen LogP contribution in [0.5, 0.6) is 0 Å². The summed E-state index contributed by atoms with van der Waals surface area (Å²) in [7, 11) is 0. The fraction of sp³-hybridized carbons (Fsp3) is 0.300. The van der Waals surface area contributed by atoms with Crippen LogP contribution in [0.3, 0.4) is 0 Å². The minimum absolute atomic E-state index is 0.395. The number of nitrogens with zero attached hydrogens (tertiary/aromatic N) is 1. The van der Waals surface area contributed by atoms with Gasteiger partial charge in [-0.25, -0.2) is 9.18 Å². The largest absolute Gasteiger partial charge is 0.238 e. The van der Waals surface area contributed by atoms with Gasteiger partial charge in [-0.15, -0.1) is 11.8 Å². The number of halogens is 1. The summed E-state index contributed by atoms with van der Waals surface area (Å²) >= 11 is 1.62. The number of thioether (sulfide) groups is 1. The van der Waals surface area contributed by atoms with E-state index >= 15 is 0 Å². The number of hydrogen-bond acceptors (Lipinski definition) is 3. The van der Waals surface area contributed by atoms with Crippen molar-refractivity contribution in [2.75, 3.05) is 5.75 Å². The first kappa shape index (κ1) is 11.0. The van der Waals surface area contributed by atoms with Gasteiger partial charge in [-0.2, -0.15) is 4.99 Å². The van der Waals surface area contributed by atoms with Crippen LogP contribution in [0.4, 0.5) is 4.39 Å². The Bertz CT molecular complexity index is 350. The summed E-state index contributed by atoms with van der Waals surface area (Å²) < 4.78 is 13.1. The van der Waals surface area contributed by atoms with Crippen LogP contribution in [0.15, 0.2) is 34.2 Å². The Kier molecular flexibility index (Phi) is 4.36. The molecule has 0 N–H and O–H groups in total. The highest BCUT2D eigenvalue weighted by molar-refractivity contribution is 7.99. The summed E-state index contributed by atoms with van der Waals surface area (Å²) in [5, 5.41) is 0. The number of isocyanates is 1. The maximum atomic E-state index is 13.1. The third kappa shape index (κ3) is 2.98. The van der Waals surface area contributed by atoms with Crippen LogP contribution >= 0.6 is 11.8 Å². The Morgan fingerprint density at radius 3 is 3.07 bits per heavy atom. The first-order chi connectivity index (χ1) is 6.77. The summed E-state index contributed by atoms with van der Waals surface area (Å²) in [5.74, 6) is 0.928. The van der Waals surface area contributed by atoms with Crippen LogP contribution < -0.4 is 0 Å². The molecule has 1 unspecified atom stereocenters. The third-order valence-electron chi connectivity index (χ3n) is 1.61. The van der Waals surface area contributed by atoms with E-state index in [1.807, 2.05) is 13.0 Å². The molecule has 1 rings (SSSR count). The summed E-state index contributed by atoms with van der Waals surface area (Å²) in [4.78, 5) is 13.9. The van der Waals surface area contributed by atoms with E-state index in [9.17, 15) is 9.18 Å². The van der Waals surface area contributed by atoms with Crippen molar-refractivity contribution in [1.29, 1.82) is 0 Å². The number of aliphatic imine (C=N–C) groups is 1. The Labute approximate surface area is 86.2 Å². The normalized spacial score (nSPS) is 11.9. The van der Waals surface area contributed by atoms with Crippen LogP contribution in [-0.2, 0) is 4.79 Å². The van der Waals surface area contributed by atoms with Gasteiger partial charge in [0.05, 0.1) is 0 Å². The SMILES string of the molecule is CCSc1cccc(C(F)N=C=O)c1. The van der Waals surface area contributed by atoms with Gasteiger partial charge >= 0.3 is 0 Å². The van der Waals surface area contributed by atoms with Crippen molar-refractivity contribution in [3.63, 3.8) is 0 Å². The molecule has 4 heteroatoms. The molecule has 1 aromatic carbocycles. The quantitative estimate of drug-likeness (QED) is 0.331. The number of hydrogen-bond donors (Lipinski definition) is 0. The molecular formula is C10H10FNOS. The fourth-order valence-electron chi connectivity index (χ4n) is 1.04. The topological polar surface area (TPSA) is 29.4 Å². The molecule has 1 atom stereocenters. The molecule has 1 aromatic rings. The van der Waals surface area contributed by atoms with Gasteiger partial charge in [0.25, 0.3) is 0 Å². The van der Waals surface area contributed by atoms with Gasteiger partial charge in [0.1, 0.15) is 0 Å². The molecule has 0 amide bonds. The smallest absolute Gasteiger partial charge is 0.215 e. The van der Waals surface area contributed by atoms with E-state index in [1.165, 1.54) is 6.08 Å². The maximum absolute atomic E-state index is 13.1. The van der Waals surface area contributed by atoms with Crippen LogP contribution in [0.2, 0.25) is 0 Å². The lowest BCUT2D eigenvalue weighted by Crippen LogP contribution is -1.87. The Morgan fingerprint density at radius 2 is 2.43 bits per heavy atom. The first-order valence-electron chi connectivity index (χ1n) is 4.21. The Hall–Kier alpha value is -1.12. The van der Waals surface area contributed by atoms with Gasteiger partial charge < -0.3 is 0 Å². The maximum Gasteiger partial charge on any atom is 0.238 e. The average molecular weight is 211 g/mol. The molecule has 0 heterocycles. The molecule has 0 aliphatic carbocycles. The minimum atomic E-state index is -1.59. The van der Waals surface area contributed by atoms with Gasteiger partial charge in [0, 0.05) is 10.5 Å². The minimum Gasteiger partial charge on any atom is -0.215 e. The summed E-state index contributed by atoms with van der Waals surface area (Å²) in [6.07, 6.45) is -0.382. The van der Waals surface area contributed by atoms with Crippen molar-refractivity contribution in [3.8, 4) is 0 Å². The van der Waals surface area contributed by atoms with Gasteiger partial charge in [-0.05, 0) is 17.9 Å². The van der Waals surface area contributed by atoms with Gasteiger partial charge in [0.2, 0.25) is 12.4 Å². The zero-order valence-electron chi connectivity index (χ0n) is 7.74. The zero-order chi connectivity index (χ0) is 10.4. The Balaban J connectivity index is 2.87. The molecule has 0 aliphatic rings. The lowest BCUT2D eigenvalue weighted by atomic mass is 10.2. The van der Waals surface area contributed by atoms with Crippen LogP contribution in [0, 0.1) is 0 Å². The molecular weight excluding hydrogens is 201 g/mol. The molecule has 0 saturated heterocycles. The van der Waals surface area contributed by atoms with Crippen molar-refractivity contribution in [3.05, 3.63) is 29.8 Å². The van der Waals surface area contributed by atoms with Crippen molar-refractivity contribution in [2.45, 2.75) is 18.1 Å². The molecule has 2 nitrogen and oxygen atoms in total. The number of carbonyl (C=O) groups excluding carboxylic acids is 1. The molecule has 14 heavy (non-hydrogen) atoms. The molecule has 0 radical (unpaired) electrons. The molecule has 0 aromatic heterocycles. The monoisotopic (exact) mass is 211 g/mol. The first-order valence-corrected chi connectivity index (χ1v) is 5.20. The number of rotatable bonds is 4. The van der Waals surface area contributed by atoms with Gasteiger partial charge in [0.15, 0.2) is 0 Å². The molecule has 74 valence electrons. The number of benzene rings is 1. The predicted molar refractivity (Wildman–Crippen MR) is 54.8 cm³/mol. The highest BCUT2D eigenvalue weighted by Crippen LogP contribution is 2.24. The van der Waals surface area contributed by atoms with Crippen molar-refractivity contribution in [2.24, 2.45) is 4.99 Å². The second-order valence-corrected chi connectivity index (χ2v) is 3.90. The second-order valence-electron chi connectivity index (χ2n) is 2.56. The molecule has 0 saturated carbocycles. The highest BCUT2D eigenvalue weighted by Gasteiger charge is 2.07. The average Bonchev–Trinajstić information content (AvgIpc) is 2.19. The molecule has 0 aliphatic heterocycles. The Morgan fingerprint density at radius 1 is 1.64 bits per heavy atom. The fourth-order valence-corrected chi connectivity index (χ4v) is 1.77. The summed E-state index contributed by atoms with van der Waals surface area (Å²) in [6, 6.07) is 6.94. The predicted octanol–water partition coefficient (Wildman–Crippen LogP) is 3.10. The molecule has 0 fully saturated rings. The van der Waals surface area contributed by atoms with Crippen LogP contribution in [-0.4, -0.2) is 11.8 Å². The van der Waals surface area contributed by atoms with E-state index in [0.29, 0.717) is 5.56 Å². The molecule has 0 bridgehead atoms. The van der Waals surface area contributed by atoms with E-state index < -0.39 is 6.30 Å². The summed E-state index contributed by atoms with van der Waals surface area (Å²) in [5.41, 5.74) is 0.395. The van der Waals surface area contributed by atoms with Crippen molar-refractivity contribution in [1.82, 2.24) is 0 Å².